The second kappa shape index (κ2) is 7.58. The molecule has 1 aliphatic rings. The molecule has 2 nitrogen and oxygen atoms in total. The van der Waals surface area contributed by atoms with Gasteiger partial charge < -0.3 is 10.2 Å². The summed E-state index contributed by atoms with van der Waals surface area (Å²) in [5.41, 5.74) is 1.43. The van der Waals surface area contributed by atoms with Gasteiger partial charge in [0.05, 0.1) is 0 Å². The number of hydrogen-bond acceptors (Lipinski definition) is 2. The zero-order chi connectivity index (χ0) is 14.3. The predicted octanol–water partition coefficient (Wildman–Crippen LogP) is 3.46. The first-order chi connectivity index (χ1) is 10.4. The molecular formula is C19H26N2. The zero-order valence-corrected chi connectivity index (χ0v) is 12.9. The molecule has 1 saturated heterocycles. The van der Waals surface area contributed by atoms with Gasteiger partial charge in [-0.05, 0) is 74.7 Å². The lowest BCUT2D eigenvalue weighted by molar-refractivity contribution is 0.331. The summed E-state index contributed by atoms with van der Waals surface area (Å²) in [6.07, 6.45) is 5.19. The van der Waals surface area contributed by atoms with E-state index in [1.165, 1.54) is 55.2 Å². The maximum Gasteiger partial charge on any atom is -0.000664 e. The van der Waals surface area contributed by atoms with Gasteiger partial charge in [0.15, 0.2) is 0 Å². The lowest BCUT2D eigenvalue weighted by Crippen LogP contribution is -2.25. The lowest BCUT2D eigenvalue weighted by Gasteiger charge is -2.14. The monoisotopic (exact) mass is 282 g/mol. The van der Waals surface area contributed by atoms with Crippen LogP contribution in [0.25, 0.3) is 10.8 Å². The predicted molar refractivity (Wildman–Crippen MR) is 90.8 cm³/mol. The summed E-state index contributed by atoms with van der Waals surface area (Å²) in [5.74, 6) is 0. The van der Waals surface area contributed by atoms with E-state index in [4.69, 9.17) is 0 Å². The van der Waals surface area contributed by atoms with Gasteiger partial charge in [0.1, 0.15) is 0 Å². The molecule has 21 heavy (non-hydrogen) atoms. The fourth-order valence-electron chi connectivity index (χ4n) is 3.19. The Labute approximate surface area is 128 Å². The number of fused-ring (bicyclic) bond motifs is 1. The molecule has 1 aliphatic heterocycles. The van der Waals surface area contributed by atoms with Gasteiger partial charge in [0.2, 0.25) is 0 Å². The minimum atomic E-state index is 1.08. The van der Waals surface area contributed by atoms with Crippen LogP contribution in [0.15, 0.2) is 42.5 Å². The first kappa shape index (κ1) is 14.6. The van der Waals surface area contributed by atoms with Gasteiger partial charge >= 0.3 is 0 Å². The van der Waals surface area contributed by atoms with Crippen molar-refractivity contribution < 1.29 is 0 Å². The third-order valence-electron chi connectivity index (χ3n) is 4.43. The molecule has 0 atom stereocenters. The number of benzene rings is 2. The van der Waals surface area contributed by atoms with Crippen molar-refractivity contribution in [1.29, 1.82) is 0 Å². The maximum absolute atomic E-state index is 3.58. The van der Waals surface area contributed by atoms with Crippen molar-refractivity contribution in [3.63, 3.8) is 0 Å². The molecular weight excluding hydrogens is 256 g/mol. The van der Waals surface area contributed by atoms with E-state index in [9.17, 15) is 0 Å². The number of rotatable bonds is 7. The molecule has 0 saturated carbocycles. The second-order valence-corrected chi connectivity index (χ2v) is 6.08. The Kier molecular flexibility index (Phi) is 5.25. The molecule has 0 amide bonds. The van der Waals surface area contributed by atoms with Crippen LogP contribution in [-0.2, 0) is 6.42 Å². The van der Waals surface area contributed by atoms with Crippen LogP contribution in [0.5, 0.6) is 0 Å². The third kappa shape index (κ3) is 4.29. The molecule has 2 heteroatoms. The summed E-state index contributed by atoms with van der Waals surface area (Å²) >= 11 is 0. The number of likely N-dealkylation sites (tertiary alicyclic amines) is 1. The van der Waals surface area contributed by atoms with Gasteiger partial charge in [-0.1, -0.05) is 42.5 Å². The first-order valence-electron chi connectivity index (χ1n) is 8.32. The van der Waals surface area contributed by atoms with Crippen molar-refractivity contribution in [1.82, 2.24) is 10.2 Å². The molecule has 112 valence electrons. The summed E-state index contributed by atoms with van der Waals surface area (Å²) in [6.45, 7) is 6.12. The van der Waals surface area contributed by atoms with Gasteiger partial charge in [0.25, 0.3) is 0 Å². The molecule has 1 N–H and O–H groups in total. The van der Waals surface area contributed by atoms with Crippen LogP contribution in [0.2, 0.25) is 0 Å². The number of nitrogens with zero attached hydrogens (tertiary/aromatic N) is 1. The first-order valence-corrected chi connectivity index (χ1v) is 8.32. The molecule has 0 radical (unpaired) electrons. The minimum Gasteiger partial charge on any atom is -0.316 e. The Morgan fingerprint density at radius 2 is 1.71 bits per heavy atom. The van der Waals surface area contributed by atoms with Crippen molar-refractivity contribution in [3.8, 4) is 0 Å². The van der Waals surface area contributed by atoms with Crippen LogP contribution in [0.3, 0.4) is 0 Å². The highest BCUT2D eigenvalue weighted by molar-refractivity contribution is 5.82. The van der Waals surface area contributed by atoms with E-state index < -0.39 is 0 Å². The Bertz CT molecular complexity index is 558. The fourth-order valence-corrected chi connectivity index (χ4v) is 3.19. The highest BCUT2D eigenvalue weighted by Gasteiger charge is 2.09. The molecule has 2 aromatic carbocycles. The van der Waals surface area contributed by atoms with Crippen molar-refractivity contribution in [3.05, 3.63) is 48.0 Å². The number of hydrogen-bond donors (Lipinski definition) is 1. The van der Waals surface area contributed by atoms with Crippen LogP contribution in [0, 0.1) is 0 Å². The van der Waals surface area contributed by atoms with Crippen molar-refractivity contribution in [2.24, 2.45) is 0 Å². The van der Waals surface area contributed by atoms with E-state index in [1.807, 2.05) is 0 Å². The normalized spacial score (nSPS) is 15.8. The molecule has 0 aliphatic carbocycles. The maximum atomic E-state index is 3.58. The Hall–Kier alpha value is -1.38. The van der Waals surface area contributed by atoms with Crippen LogP contribution in [0.4, 0.5) is 0 Å². The summed E-state index contributed by atoms with van der Waals surface area (Å²) in [7, 11) is 0. The highest BCUT2D eigenvalue weighted by Crippen LogP contribution is 2.15. The van der Waals surface area contributed by atoms with Gasteiger partial charge in [-0.3, -0.25) is 0 Å². The average Bonchev–Trinajstić information content (AvgIpc) is 3.04. The SMILES string of the molecule is c1ccc2cc(CCNCCCN3CCCC3)ccc2c1. The minimum absolute atomic E-state index is 1.08. The lowest BCUT2D eigenvalue weighted by atomic mass is 10.1. The quantitative estimate of drug-likeness (QED) is 0.782. The van der Waals surface area contributed by atoms with E-state index in [0.717, 1.165) is 19.5 Å². The molecule has 1 fully saturated rings. The molecule has 1 heterocycles. The summed E-state index contributed by atoms with van der Waals surface area (Å²) in [4.78, 5) is 2.59. The second-order valence-electron chi connectivity index (χ2n) is 6.08. The van der Waals surface area contributed by atoms with E-state index in [2.05, 4.69) is 52.7 Å². The van der Waals surface area contributed by atoms with Gasteiger partial charge in [0, 0.05) is 0 Å². The van der Waals surface area contributed by atoms with E-state index in [0.29, 0.717) is 0 Å². The molecule has 2 aromatic rings. The van der Waals surface area contributed by atoms with E-state index in [-0.39, 0.29) is 0 Å². The topological polar surface area (TPSA) is 15.3 Å². The molecule has 0 unspecified atom stereocenters. The molecule has 0 bridgehead atoms. The Morgan fingerprint density at radius 3 is 2.57 bits per heavy atom. The molecule has 3 rings (SSSR count). The van der Waals surface area contributed by atoms with Crippen molar-refractivity contribution in [2.75, 3.05) is 32.7 Å². The Balaban J connectivity index is 1.36. The smallest absolute Gasteiger partial charge is 0.000664 e. The van der Waals surface area contributed by atoms with Crippen molar-refractivity contribution in [2.45, 2.75) is 25.7 Å². The van der Waals surface area contributed by atoms with Crippen LogP contribution < -0.4 is 5.32 Å². The summed E-state index contributed by atoms with van der Waals surface area (Å²) < 4.78 is 0. The van der Waals surface area contributed by atoms with E-state index in [1.54, 1.807) is 0 Å². The van der Waals surface area contributed by atoms with Crippen LogP contribution in [0.1, 0.15) is 24.8 Å². The Morgan fingerprint density at radius 1 is 0.905 bits per heavy atom. The fraction of sp³-hybridized carbons (Fsp3) is 0.474. The van der Waals surface area contributed by atoms with Crippen LogP contribution >= 0.6 is 0 Å². The zero-order valence-electron chi connectivity index (χ0n) is 12.9. The number of nitrogens with one attached hydrogen (secondary N) is 1. The highest BCUT2D eigenvalue weighted by atomic mass is 15.1. The average molecular weight is 282 g/mol. The standard InChI is InChI=1S/C19H26N2/c1-2-7-19-16-17(8-9-18(19)6-1)10-12-20-11-5-15-21-13-3-4-14-21/h1-2,6-9,16,20H,3-5,10-15H2. The molecule has 0 spiro atoms. The summed E-state index contributed by atoms with van der Waals surface area (Å²) in [6, 6.07) is 15.4. The van der Waals surface area contributed by atoms with E-state index >= 15 is 0 Å². The van der Waals surface area contributed by atoms with Gasteiger partial charge in [-0.15, -0.1) is 0 Å². The summed E-state index contributed by atoms with van der Waals surface area (Å²) in [5, 5.41) is 6.26. The molecule has 0 aromatic heterocycles. The van der Waals surface area contributed by atoms with Crippen LogP contribution in [-0.4, -0.2) is 37.6 Å². The van der Waals surface area contributed by atoms with Gasteiger partial charge in [-0.25, -0.2) is 0 Å². The van der Waals surface area contributed by atoms with Gasteiger partial charge in [-0.2, -0.15) is 0 Å². The third-order valence-corrected chi connectivity index (χ3v) is 4.43. The van der Waals surface area contributed by atoms with Crippen molar-refractivity contribution >= 4 is 10.8 Å². The largest absolute Gasteiger partial charge is 0.316 e.